The van der Waals surface area contributed by atoms with Gasteiger partial charge >= 0.3 is 0 Å². The highest BCUT2D eigenvalue weighted by Gasteiger charge is 2.29. The van der Waals surface area contributed by atoms with Gasteiger partial charge in [0.1, 0.15) is 11.5 Å². The zero-order chi connectivity index (χ0) is 21.3. The molecule has 1 aliphatic rings. The van der Waals surface area contributed by atoms with Crippen LogP contribution in [0.2, 0.25) is 0 Å². The molecule has 0 bridgehead atoms. The second-order valence-electron chi connectivity index (χ2n) is 6.64. The largest absolute Gasteiger partial charge is 0.355 e. The van der Waals surface area contributed by atoms with Gasteiger partial charge in [-0.2, -0.15) is 0 Å². The third-order valence-corrected chi connectivity index (χ3v) is 4.85. The van der Waals surface area contributed by atoms with E-state index in [9.17, 15) is 18.8 Å². The zero-order valence-corrected chi connectivity index (χ0v) is 16.0. The van der Waals surface area contributed by atoms with Crippen LogP contribution in [-0.2, 0) is 6.54 Å². The second kappa shape index (κ2) is 7.75. The molecule has 2 aromatic carbocycles. The van der Waals surface area contributed by atoms with Crippen LogP contribution in [0, 0.1) is 5.82 Å². The summed E-state index contributed by atoms with van der Waals surface area (Å²) in [7, 11) is 1.48. The highest BCUT2D eigenvalue weighted by Crippen LogP contribution is 2.34. The minimum absolute atomic E-state index is 0.200. The Bertz CT molecular complexity index is 1180. The lowest BCUT2D eigenvalue weighted by molar-refractivity contribution is 0.0932. The van der Waals surface area contributed by atoms with Gasteiger partial charge in [0.2, 0.25) is 0 Å². The number of halogens is 1. The fourth-order valence-corrected chi connectivity index (χ4v) is 3.43. The van der Waals surface area contributed by atoms with Crippen molar-refractivity contribution < 1.29 is 18.8 Å². The average Bonchev–Trinajstić information content (AvgIpc) is 3.15. The number of hydrogen-bond donors (Lipinski definition) is 3. The molecular formula is C22H17FN4O3. The Morgan fingerprint density at radius 3 is 2.57 bits per heavy atom. The number of carbonyl (C=O) groups excluding carboxylic acids is 3. The molecule has 1 aromatic heterocycles. The molecular weight excluding hydrogens is 387 g/mol. The van der Waals surface area contributed by atoms with Crippen LogP contribution >= 0.6 is 0 Å². The lowest BCUT2D eigenvalue weighted by Gasteiger charge is -2.13. The molecule has 0 unspecified atom stereocenters. The highest BCUT2D eigenvalue weighted by atomic mass is 19.1. The number of fused-ring (bicyclic) bond motifs is 1. The number of carbonyl (C=O) groups is 3. The third-order valence-electron chi connectivity index (χ3n) is 4.85. The van der Waals surface area contributed by atoms with Gasteiger partial charge in [0.15, 0.2) is 0 Å². The fraction of sp³-hybridized carbons (Fsp3) is 0.0909. The molecule has 3 N–H and O–H groups in total. The predicted molar refractivity (Wildman–Crippen MR) is 109 cm³/mol. The fourth-order valence-electron chi connectivity index (χ4n) is 3.43. The van der Waals surface area contributed by atoms with Crippen molar-refractivity contribution in [2.24, 2.45) is 0 Å². The molecule has 4 rings (SSSR count). The first-order valence-electron chi connectivity index (χ1n) is 9.18. The van der Waals surface area contributed by atoms with Gasteiger partial charge in [-0.3, -0.25) is 19.4 Å². The number of nitrogens with one attached hydrogen (secondary N) is 3. The molecule has 0 saturated heterocycles. The Kier molecular flexibility index (Phi) is 4.97. The molecule has 0 fully saturated rings. The van der Waals surface area contributed by atoms with Gasteiger partial charge in [0.25, 0.3) is 17.7 Å². The van der Waals surface area contributed by atoms with Crippen molar-refractivity contribution in [3.63, 3.8) is 0 Å². The monoisotopic (exact) mass is 404 g/mol. The van der Waals surface area contributed by atoms with Crippen LogP contribution in [0.25, 0.3) is 11.1 Å². The Morgan fingerprint density at radius 1 is 1.07 bits per heavy atom. The molecule has 2 heterocycles. The topological polar surface area (TPSA) is 100 Å². The average molecular weight is 404 g/mol. The maximum Gasteiger partial charge on any atom is 0.274 e. The van der Waals surface area contributed by atoms with Crippen LogP contribution in [0.5, 0.6) is 0 Å². The lowest BCUT2D eigenvalue weighted by Crippen LogP contribution is -2.22. The number of benzene rings is 2. The van der Waals surface area contributed by atoms with E-state index in [-0.39, 0.29) is 46.4 Å². The van der Waals surface area contributed by atoms with E-state index in [0.29, 0.717) is 11.1 Å². The molecule has 8 heteroatoms. The van der Waals surface area contributed by atoms with E-state index in [1.165, 1.54) is 31.4 Å². The highest BCUT2D eigenvalue weighted by molar-refractivity contribution is 6.11. The van der Waals surface area contributed by atoms with Gasteiger partial charge in [-0.1, -0.05) is 12.1 Å². The molecule has 0 saturated carbocycles. The van der Waals surface area contributed by atoms with Crippen LogP contribution in [0.15, 0.2) is 54.7 Å². The number of pyridine rings is 1. The van der Waals surface area contributed by atoms with Gasteiger partial charge in [0, 0.05) is 31.0 Å². The molecule has 1 aliphatic heterocycles. The summed E-state index contributed by atoms with van der Waals surface area (Å²) < 4.78 is 14.9. The number of amides is 3. The lowest BCUT2D eigenvalue weighted by atomic mass is 9.92. The first-order chi connectivity index (χ1) is 14.5. The number of nitrogens with zero attached hydrogens (tertiary/aromatic N) is 1. The Morgan fingerprint density at radius 2 is 1.87 bits per heavy atom. The van der Waals surface area contributed by atoms with Gasteiger partial charge in [-0.25, -0.2) is 4.39 Å². The number of hydrogen-bond acceptors (Lipinski definition) is 4. The van der Waals surface area contributed by atoms with Gasteiger partial charge in [-0.05, 0) is 47.5 Å². The summed E-state index contributed by atoms with van der Waals surface area (Å²) in [6.45, 7) is 0.200. The standard InChI is InChI=1S/C22H17FN4O3/c1-24-20(28)15-8-7-13(16-11-26-22(30)19(15)16)14-6-5-12(10-17(14)23)27-21(29)18-4-2-3-9-25-18/h2-10H,11H2,1H3,(H,24,28)(H,26,30)(H,27,29). The van der Waals surface area contributed by atoms with E-state index >= 15 is 0 Å². The summed E-state index contributed by atoms with van der Waals surface area (Å²) in [5.41, 5.74) is 2.32. The van der Waals surface area contributed by atoms with Gasteiger partial charge in [-0.15, -0.1) is 0 Å². The Hall–Kier alpha value is -4.07. The van der Waals surface area contributed by atoms with Crippen LogP contribution < -0.4 is 16.0 Å². The van der Waals surface area contributed by atoms with Crippen LogP contribution in [0.4, 0.5) is 10.1 Å². The van der Waals surface area contributed by atoms with Crippen LogP contribution in [0.1, 0.15) is 36.8 Å². The molecule has 0 radical (unpaired) electrons. The first kappa shape index (κ1) is 19.3. The summed E-state index contributed by atoms with van der Waals surface area (Å²) in [6.07, 6.45) is 1.50. The van der Waals surface area contributed by atoms with E-state index in [1.807, 2.05) is 0 Å². The Balaban J connectivity index is 1.68. The van der Waals surface area contributed by atoms with Crippen molar-refractivity contribution in [1.82, 2.24) is 15.6 Å². The summed E-state index contributed by atoms with van der Waals surface area (Å²) in [6, 6.07) is 12.4. The maximum atomic E-state index is 14.9. The molecule has 150 valence electrons. The smallest absolute Gasteiger partial charge is 0.274 e. The normalized spacial score (nSPS) is 12.1. The Labute approximate surface area is 171 Å². The van der Waals surface area contributed by atoms with Crippen molar-refractivity contribution in [3.8, 4) is 11.1 Å². The minimum Gasteiger partial charge on any atom is -0.355 e. The molecule has 0 aliphatic carbocycles. The summed E-state index contributed by atoms with van der Waals surface area (Å²) in [4.78, 5) is 40.5. The van der Waals surface area contributed by atoms with Gasteiger partial charge < -0.3 is 16.0 Å². The summed E-state index contributed by atoms with van der Waals surface area (Å²) in [5.74, 6) is -1.77. The molecule has 0 atom stereocenters. The molecule has 3 aromatic rings. The van der Waals surface area contributed by atoms with Crippen molar-refractivity contribution in [1.29, 1.82) is 0 Å². The number of anilines is 1. The van der Waals surface area contributed by atoms with E-state index < -0.39 is 11.7 Å². The predicted octanol–water partition coefficient (Wildman–Crippen LogP) is 2.74. The zero-order valence-electron chi connectivity index (χ0n) is 16.0. The molecule has 3 amide bonds. The van der Waals surface area contributed by atoms with E-state index in [0.717, 1.165) is 0 Å². The van der Waals surface area contributed by atoms with Crippen molar-refractivity contribution in [3.05, 3.63) is 82.9 Å². The third kappa shape index (κ3) is 3.39. The molecule has 30 heavy (non-hydrogen) atoms. The van der Waals surface area contributed by atoms with Crippen molar-refractivity contribution >= 4 is 23.4 Å². The van der Waals surface area contributed by atoms with E-state index in [4.69, 9.17) is 0 Å². The summed E-state index contributed by atoms with van der Waals surface area (Å²) >= 11 is 0. The SMILES string of the molecule is CNC(=O)c1ccc(-c2ccc(NC(=O)c3ccccn3)cc2F)c2c1C(=O)NC2. The quantitative estimate of drug-likeness (QED) is 0.623. The minimum atomic E-state index is -0.567. The summed E-state index contributed by atoms with van der Waals surface area (Å²) in [5, 5.41) is 7.80. The van der Waals surface area contributed by atoms with Crippen LogP contribution in [0.3, 0.4) is 0 Å². The number of aromatic nitrogens is 1. The van der Waals surface area contributed by atoms with E-state index in [2.05, 4.69) is 20.9 Å². The van der Waals surface area contributed by atoms with Crippen molar-refractivity contribution in [2.75, 3.05) is 12.4 Å². The van der Waals surface area contributed by atoms with E-state index in [1.54, 1.807) is 30.3 Å². The molecule has 7 nitrogen and oxygen atoms in total. The molecule has 0 spiro atoms. The second-order valence-corrected chi connectivity index (χ2v) is 6.64. The van der Waals surface area contributed by atoms with Gasteiger partial charge in [0.05, 0.1) is 11.1 Å². The van der Waals surface area contributed by atoms with Crippen LogP contribution in [-0.4, -0.2) is 29.8 Å². The maximum absolute atomic E-state index is 14.9. The first-order valence-corrected chi connectivity index (χ1v) is 9.18. The van der Waals surface area contributed by atoms with Crippen molar-refractivity contribution in [2.45, 2.75) is 6.54 Å². The number of rotatable bonds is 4.